The van der Waals surface area contributed by atoms with E-state index in [-0.39, 0.29) is 0 Å². The van der Waals surface area contributed by atoms with Crippen molar-refractivity contribution in [3.05, 3.63) is 18.0 Å². The zero-order valence-electron chi connectivity index (χ0n) is 13.6. The Morgan fingerprint density at radius 1 is 1.29 bits per heavy atom. The zero-order valence-corrected chi connectivity index (χ0v) is 13.6. The average Bonchev–Trinajstić information content (AvgIpc) is 3.12. The van der Waals surface area contributed by atoms with Crippen molar-refractivity contribution >= 4 is 0 Å². The fraction of sp³-hybridized carbons (Fsp3) is 0.824. The summed E-state index contributed by atoms with van der Waals surface area (Å²) in [6, 6.07) is 4.16. The van der Waals surface area contributed by atoms with Crippen LogP contribution in [0, 0.1) is 0 Å². The molecule has 2 heterocycles. The molecule has 0 spiro atoms. The van der Waals surface area contributed by atoms with Crippen LogP contribution in [0.3, 0.4) is 0 Å². The number of hydrogen-bond donors (Lipinski definition) is 1. The van der Waals surface area contributed by atoms with E-state index in [1.165, 1.54) is 44.2 Å². The van der Waals surface area contributed by atoms with Crippen molar-refractivity contribution < 1.29 is 0 Å². The van der Waals surface area contributed by atoms with E-state index in [1.54, 1.807) is 0 Å². The number of nitrogens with one attached hydrogen (secondary N) is 1. The summed E-state index contributed by atoms with van der Waals surface area (Å²) in [6.07, 6.45) is 9.99. The van der Waals surface area contributed by atoms with E-state index >= 15 is 0 Å². The third-order valence-electron chi connectivity index (χ3n) is 5.29. The van der Waals surface area contributed by atoms with Gasteiger partial charge in [-0.25, -0.2) is 0 Å². The molecule has 4 heteroatoms. The van der Waals surface area contributed by atoms with Gasteiger partial charge in [0.15, 0.2) is 0 Å². The van der Waals surface area contributed by atoms with E-state index in [4.69, 9.17) is 5.10 Å². The van der Waals surface area contributed by atoms with E-state index in [0.717, 1.165) is 19.6 Å². The molecule has 0 bridgehead atoms. The molecule has 0 radical (unpaired) electrons. The van der Waals surface area contributed by atoms with Crippen LogP contribution >= 0.6 is 0 Å². The second-order valence-corrected chi connectivity index (χ2v) is 6.85. The van der Waals surface area contributed by atoms with Gasteiger partial charge < -0.3 is 5.32 Å². The molecule has 1 aromatic heterocycles. The quantitative estimate of drug-likeness (QED) is 0.925. The largest absolute Gasteiger partial charge is 0.313 e. The standard InChI is InChI=1S/C17H30N4/c1-3-15-12-20(14(2)8-10-18-15)13-16-9-11-21(19-16)17-6-4-5-7-17/h9,11,14-15,17-18H,3-8,10,12-13H2,1-2H3. The van der Waals surface area contributed by atoms with Crippen LogP contribution in [-0.2, 0) is 6.54 Å². The molecular weight excluding hydrogens is 260 g/mol. The Balaban J connectivity index is 1.63. The van der Waals surface area contributed by atoms with Gasteiger partial charge in [0.05, 0.1) is 11.7 Å². The van der Waals surface area contributed by atoms with Crippen LogP contribution < -0.4 is 5.32 Å². The predicted molar refractivity (Wildman–Crippen MR) is 86.3 cm³/mol. The third-order valence-corrected chi connectivity index (χ3v) is 5.29. The van der Waals surface area contributed by atoms with Crippen molar-refractivity contribution in [2.24, 2.45) is 0 Å². The Kier molecular flexibility index (Phi) is 4.96. The first-order valence-electron chi connectivity index (χ1n) is 8.77. The van der Waals surface area contributed by atoms with E-state index < -0.39 is 0 Å². The summed E-state index contributed by atoms with van der Waals surface area (Å²) in [4.78, 5) is 2.61. The highest BCUT2D eigenvalue weighted by molar-refractivity contribution is 5.01. The van der Waals surface area contributed by atoms with E-state index in [0.29, 0.717) is 18.1 Å². The molecule has 3 rings (SSSR count). The molecule has 1 aromatic rings. The van der Waals surface area contributed by atoms with Crippen molar-refractivity contribution in [3.8, 4) is 0 Å². The molecule has 2 atom stereocenters. The van der Waals surface area contributed by atoms with Crippen LogP contribution in [0.5, 0.6) is 0 Å². The highest BCUT2D eigenvalue weighted by Gasteiger charge is 2.23. The van der Waals surface area contributed by atoms with Crippen molar-refractivity contribution in [2.75, 3.05) is 13.1 Å². The number of aromatic nitrogens is 2. The molecule has 1 aliphatic heterocycles. The van der Waals surface area contributed by atoms with Gasteiger partial charge in [-0.05, 0) is 45.2 Å². The van der Waals surface area contributed by atoms with Gasteiger partial charge in [-0.2, -0.15) is 5.10 Å². The molecule has 21 heavy (non-hydrogen) atoms. The van der Waals surface area contributed by atoms with Gasteiger partial charge in [-0.3, -0.25) is 9.58 Å². The Hall–Kier alpha value is -0.870. The lowest BCUT2D eigenvalue weighted by Gasteiger charge is -2.28. The lowest BCUT2D eigenvalue weighted by Crippen LogP contribution is -2.39. The number of rotatable bonds is 4. The lowest BCUT2D eigenvalue weighted by molar-refractivity contribution is 0.191. The smallest absolute Gasteiger partial charge is 0.0765 e. The number of nitrogens with zero attached hydrogens (tertiary/aromatic N) is 3. The molecule has 2 fully saturated rings. The third kappa shape index (κ3) is 3.67. The first kappa shape index (κ1) is 15.0. The van der Waals surface area contributed by atoms with Crippen LogP contribution in [0.2, 0.25) is 0 Å². The molecule has 0 amide bonds. The van der Waals surface area contributed by atoms with Crippen LogP contribution in [0.15, 0.2) is 12.3 Å². The number of hydrogen-bond acceptors (Lipinski definition) is 3. The minimum atomic E-state index is 0.631. The summed E-state index contributed by atoms with van der Waals surface area (Å²) in [5.74, 6) is 0. The van der Waals surface area contributed by atoms with Crippen LogP contribution in [0.4, 0.5) is 0 Å². The maximum absolute atomic E-state index is 4.86. The summed E-state index contributed by atoms with van der Waals surface area (Å²) in [6.45, 7) is 7.92. The summed E-state index contributed by atoms with van der Waals surface area (Å²) in [7, 11) is 0. The van der Waals surface area contributed by atoms with Crippen molar-refractivity contribution in [3.63, 3.8) is 0 Å². The van der Waals surface area contributed by atoms with Crippen LogP contribution in [0.1, 0.15) is 64.1 Å². The van der Waals surface area contributed by atoms with Gasteiger partial charge in [-0.1, -0.05) is 19.8 Å². The Bertz CT molecular complexity index is 436. The Labute approximate surface area is 128 Å². The fourth-order valence-corrected chi connectivity index (χ4v) is 3.74. The predicted octanol–water partition coefficient (Wildman–Crippen LogP) is 2.96. The van der Waals surface area contributed by atoms with Gasteiger partial charge in [0.1, 0.15) is 0 Å². The molecule has 4 nitrogen and oxygen atoms in total. The molecule has 118 valence electrons. The monoisotopic (exact) mass is 290 g/mol. The van der Waals surface area contributed by atoms with E-state index in [1.807, 2.05) is 0 Å². The van der Waals surface area contributed by atoms with E-state index in [9.17, 15) is 0 Å². The van der Waals surface area contributed by atoms with Gasteiger partial charge >= 0.3 is 0 Å². The fourth-order valence-electron chi connectivity index (χ4n) is 3.74. The van der Waals surface area contributed by atoms with E-state index in [2.05, 4.69) is 41.0 Å². The first-order chi connectivity index (χ1) is 10.3. The summed E-state index contributed by atoms with van der Waals surface area (Å²) in [5.41, 5.74) is 1.24. The summed E-state index contributed by atoms with van der Waals surface area (Å²) in [5, 5.41) is 8.52. The minimum Gasteiger partial charge on any atom is -0.313 e. The lowest BCUT2D eigenvalue weighted by atomic mass is 10.2. The van der Waals surface area contributed by atoms with Crippen molar-refractivity contribution in [1.82, 2.24) is 20.0 Å². The maximum atomic E-state index is 4.86. The molecule has 1 N–H and O–H groups in total. The van der Waals surface area contributed by atoms with Gasteiger partial charge in [-0.15, -0.1) is 0 Å². The molecule has 2 unspecified atom stereocenters. The highest BCUT2D eigenvalue weighted by atomic mass is 15.3. The Morgan fingerprint density at radius 2 is 2.10 bits per heavy atom. The van der Waals surface area contributed by atoms with Crippen LogP contribution in [-0.4, -0.2) is 39.9 Å². The minimum absolute atomic E-state index is 0.631. The SMILES string of the molecule is CCC1CN(Cc2ccn(C3CCCC3)n2)C(C)CCN1. The first-order valence-corrected chi connectivity index (χ1v) is 8.77. The van der Waals surface area contributed by atoms with Gasteiger partial charge in [0.2, 0.25) is 0 Å². The molecule has 1 saturated carbocycles. The van der Waals surface area contributed by atoms with Crippen molar-refractivity contribution in [2.45, 2.75) is 77.0 Å². The van der Waals surface area contributed by atoms with Gasteiger partial charge in [0.25, 0.3) is 0 Å². The summed E-state index contributed by atoms with van der Waals surface area (Å²) < 4.78 is 2.22. The normalized spacial score (nSPS) is 28.9. The maximum Gasteiger partial charge on any atom is 0.0765 e. The van der Waals surface area contributed by atoms with Gasteiger partial charge in [0, 0.05) is 31.4 Å². The molecule has 1 saturated heterocycles. The zero-order chi connectivity index (χ0) is 14.7. The van der Waals surface area contributed by atoms with Crippen LogP contribution in [0.25, 0.3) is 0 Å². The second-order valence-electron chi connectivity index (χ2n) is 6.85. The molecule has 0 aromatic carbocycles. The molecule has 1 aliphatic carbocycles. The molecular formula is C17H30N4. The Morgan fingerprint density at radius 3 is 2.86 bits per heavy atom. The second kappa shape index (κ2) is 6.93. The van der Waals surface area contributed by atoms with Crippen molar-refractivity contribution in [1.29, 1.82) is 0 Å². The summed E-state index contributed by atoms with van der Waals surface area (Å²) >= 11 is 0. The highest BCUT2D eigenvalue weighted by Crippen LogP contribution is 2.28. The molecule has 2 aliphatic rings. The average molecular weight is 290 g/mol. The topological polar surface area (TPSA) is 33.1 Å².